The Morgan fingerprint density at radius 3 is 2.90 bits per heavy atom. The standard InChI is InChI=1S/C21H28N6OS/c1-3-20-26-25-16-27(20)12-11-23-21(22-10-9-19-8-5-13-29-19)24-15-17-6-4-7-18(14-17)28-2/h4-8,13-14,16H,3,9-12,15H2,1-2H3,(H2,22,23,24). The highest BCUT2D eigenvalue weighted by molar-refractivity contribution is 7.09. The van der Waals surface area contributed by atoms with Crippen LogP contribution in [0.3, 0.4) is 0 Å². The highest BCUT2D eigenvalue weighted by atomic mass is 32.1. The second-order valence-corrected chi connectivity index (χ2v) is 7.53. The van der Waals surface area contributed by atoms with Gasteiger partial charge in [-0.15, -0.1) is 21.5 Å². The maximum absolute atomic E-state index is 5.30. The monoisotopic (exact) mass is 412 g/mol. The minimum absolute atomic E-state index is 0.582. The van der Waals surface area contributed by atoms with E-state index in [4.69, 9.17) is 9.73 Å². The number of aliphatic imine (C=N–C) groups is 1. The number of aromatic nitrogens is 3. The summed E-state index contributed by atoms with van der Waals surface area (Å²) in [6.07, 6.45) is 3.62. The lowest BCUT2D eigenvalue weighted by Crippen LogP contribution is -2.40. The molecule has 0 spiro atoms. The van der Waals surface area contributed by atoms with Crippen molar-refractivity contribution in [3.63, 3.8) is 0 Å². The molecule has 3 aromatic rings. The van der Waals surface area contributed by atoms with Crippen LogP contribution in [0.4, 0.5) is 0 Å². The average molecular weight is 413 g/mol. The molecule has 0 radical (unpaired) electrons. The van der Waals surface area contributed by atoms with Crippen molar-refractivity contribution in [2.75, 3.05) is 20.2 Å². The SMILES string of the molecule is CCc1nncn1CCNC(=NCc1cccc(OC)c1)NCCc1cccs1. The summed E-state index contributed by atoms with van der Waals surface area (Å²) in [4.78, 5) is 6.11. The number of aryl methyl sites for hydroxylation is 1. The average Bonchev–Trinajstić information content (AvgIpc) is 3.43. The van der Waals surface area contributed by atoms with Gasteiger partial charge in [-0.3, -0.25) is 0 Å². The van der Waals surface area contributed by atoms with E-state index in [1.165, 1.54) is 4.88 Å². The van der Waals surface area contributed by atoms with Gasteiger partial charge in [0.2, 0.25) is 0 Å². The van der Waals surface area contributed by atoms with Crippen LogP contribution >= 0.6 is 11.3 Å². The third kappa shape index (κ3) is 6.60. The second kappa shape index (κ2) is 11.2. The van der Waals surface area contributed by atoms with E-state index in [0.29, 0.717) is 6.54 Å². The molecule has 29 heavy (non-hydrogen) atoms. The highest BCUT2D eigenvalue weighted by Crippen LogP contribution is 2.13. The molecule has 0 saturated carbocycles. The Kier molecular flexibility index (Phi) is 8.06. The maximum Gasteiger partial charge on any atom is 0.191 e. The van der Waals surface area contributed by atoms with Crippen molar-refractivity contribution < 1.29 is 4.74 Å². The smallest absolute Gasteiger partial charge is 0.191 e. The Labute approximate surface area is 175 Å². The van der Waals surface area contributed by atoms with Crippen molar-refractivity contribution >= 4 is 17.3 Å². The molecule has 3 rings (SSSR count). The quantitative estimate of drug-likeness (QED) is 0.396. The van der Waals surface area contributed by atoms with Gasteiger partial charge in [0, 0.05) is 30.9 Å². The van der Waals surface area contributed by atoms with Crippen LogP contribution in [0, 0.1) is 0 Å². The third-order valence-corrected chi connectivity index (χ3v) is 5.39. The Morgan fingerprint density at radius 1 is 1.21 bits per heavy atom. The first-order valence-electron chi connectivity index (χ1n) is 9.82. The molecule has 0 aliphatic heterocycles. The number of rotatable bonds is 10. The topological polar surface area (TPSA) is 76.4 Å². The predicted molar refractivity (Wildman–Crippen MR) is 118 cm³/mol. The molecule has 154 valence electrons. The molecule has 2 heterocycles. The van der Waals surface area contributed by atoms with Crippen molar-refractivity contribution in [3.05, 3.63) is 64.4 Å². The van der Waals surface area contributed by atoms with Crippen molar-refractivity contribution in [1.82, 2.24) is 25.4 Å². The number of hydrogen-bond acceptors (Lipinski definition) is 5. The molecule has 2 aromatic heterocycles. The summed E-state index contributed by atoms with van der Waals surface area (Å²) in [6, 6.07) is 12.2. The van der Waals surface area contributed by atoms with Gasteiger partial charge in [-0.2, -0.15) is 0 Å². The van der Waals surface area contributed by atoms with Crippen molar-refractivity contribution in [3.8, 4) is 5.75 Å². The van der Waals surface area contributed by atoms with Crippen LogP contribution in [0.1, 0.15) is 23.2 Å². The third-order valence-electron chi connectivity index (χ3n) is 4.45. The fraction of sp³-hybridized carbons (Fsp3) is 0.381. The first-order chi connectivity index (χ1) is 14.3. The van der Waals surface area contributed by atoms with Gasteiger partial charge in [-0.05, 0) is 35.6 Å². The lowest BCUT2D eigenvalue weighted by atomic mass is 10.2. The second-order valence-electron chi connectivity index (χ2n) is 6.49. The maximum atomic E-state index is 5.30. The van der Waals surface area contributed by atoms with E-state index in [-0.39, 0.29) is 0 Å². The Morgan fingerprint density at radius 2 is 2.10 bits per heavy atom. The number of hydrogen-bond donors (Lipinski definition) is 2. The van der Waals surface area contributed by atoms with E-state index in [2.05, 4.69) is 55.9 Å². The van der Waals surface area contributed by atoms with E-state index < -0.39 is 0 Å². The Hall–Kier alpha value is -2.87. The summed E-state index contributed by atoms with van der Waals surface area (Å²) in [5.41, 5.74) is 1.11. The molecule has 7 nitrogen and oxygen atoms in total. The molecular formula is C21H28N6OS. The van der Waals surface area contributed by atoms with Crippen LogP contribution in [0.25, 0.3) is 0 Å². The van der Waals surface area contributed by atoms with E-state index in [1.807, 2.05) is 18.2 Å². The van der Waals surface area contributed by atoms with E-state index in [9.17, 15) is 0 Å². The van der Waals surface area contributed by atoms with Crippen molar-refractivity contribution in [1.29, 1.82) is 0 Å². The summed E-state index contributed by atoms with van der Waals surface area (Å²) in [7, 11) is 1.68. The number of nitrogens with zero attached hydrogens (tertiary/aromatic N) is 4. The molecule has 0 amide bonds. The van der Waals surface area contributed by atoms with Crippen LogP contribution in [-0.4, -0.2) is 40.9 Å². The molecule has 8 heteroatoms. The highest BCUT2D eigenvalue weighted by Gasteiger charge is 2.04. The summed E-state index contributed by atoms with van der Waals surface area (Å²) in [5, 5.41) is 17.1. The number of benzene rings is 1. The van der Waals surface area contributed by atoms with E-state index >= 15 is 0 Å². The summed E-state index contributed by atoms with van der Waals surface area (Å²) < 4.78 is 7.37. The van der Waals surface area contributed by atoms with Crippen LogP contribution in [0.15, 0.2) is 53.1 Å². The van der Waals surface area contributed by atoms with Gasteiger partial charge in [0.1, 0.15) is 17.9 Å². The zero-order valence-electron chi connectivity index (χ0n) is 17.0. The first-order valence-corrected chi connectivity index (χ1v) is 10.7. The van der Waals surface area contributed by atoms with Crippen LogP contribution in [-0.2, 0) is 25.9 Å². The molecule has 0 atom stereocenters. The zero-order chi connectivity index (χ0) is 20.3. The van der Waals surface area contributed by atoms with Crippen LogP contribution < -0.4 is 15.4 Å². The Balaban J connectivity index is 1.58. The van der Waals surface area contributed by atoms with Gasteiger partial charge < -0.3 is 19.9 Å². The fourth-order valence-corrected chi connectivity index (χ4v) is 3.62. The predicted octanol–water partition coefficient (Wildman–Crippen LogP) is 2.89. The zero-order valence-corrected chi connectivity index (χ0v) is 17.8. The molecular weight excluding hydrogens is 384 g/mol. The van der Waals surface area contributed by atoms with Crippen molar-refractivity contribution in [2.45, 2.75) is 32.9 Å². The molecule has 1 aromatic carbocycles. The van der Waals surface area contributed by atoms with Crippen molar-refractivity contribution in [2.24, 2.45) is 4.99 Å². The molecule has 0 unspecified atom stereocenters. The molecule has 2 N–H and O–H groups in total. The molecule has 0 saturated heterocycles. The lowest BCUT2D eigenvalue weighted by molar-refractivity contribution is 0.414. The van der Waals surface area contributed by atoms with Gasteiger partial charge in [-0.25, -0.2) is 4.99 Å². The largest absolute Gasteiger partial charge is 0.497 e. The number of thiophene rings is 1. The van der Waals surface area contributed by atoms with Gasteiger partial charge >= 0.3 is 0 Å². The number of methoxy groups -OCH3 is 1. The van der Waals surface area contributed by atoms with Gasteiger partial charge in [0.05, 0.1) is 13.7 Å². The molecule has 0 aliphatic carbocycles. The number of nitrogens with one attached hydrogen (secondary N) is 2. The fourth-order valence-electron chi connectivity index (χ4n) is 2.91. The lowest BCUT2D eigenvalue weighted by Gasteiger charge is -2.13. The molecule has 0 fully saturated rings. The summed E-state index contributed by atoms with van der Waals surface area (Å²) in [6.45, 7) is 5.03. The van der Waals surface area contributed by atoms with E-state index in [1.54, 1.807) is 24.8 Å². The van der Waals surface area contributed by atoms with Crippen LogP contribution in [0.5, 0.6) is 5.75 Å². The summed E-state index contributed by atoms with van der Waals surface area (Å²) in [5.74, 6) is 2.64. The van der Waals surface area contributed by atoms with Gasteiger partial charge in [-0.1, -0.05) is 25.1 Å². The molecule has 0 aliphatic rings. The van der Waals surface area contributed by atoms with Gasteiger partial charge in [0.15, 0.2) is 5.96 Å². The van der Waals surface area contributed by atoms with Crippen LogP contribution in [0.2, 0.25) is 0 Å². The van der Waals surface area contributed by atoms with E-state index in [0.717, 1.165) is 55.6 Å². The Bertz CT molecular complexity index is 890. The van der Waals surface area contributed by atoms with Gasteiger partial charge in [0.25, 0.3) is 0 Å². The summed E-state index contributed by atoms with van der Waals surface area (Å²) >= 11 is 1.78. The minimum Gasteiger partial charge on any atom is -0.497 e. The number of guanidine groups is 1. The molecule has 0 bridgehead atoms. The first kappa shape index (κ1) is 20.9. The normalized spacial score (nSPS) is 11.4. The minimum atomic E-state index is 0.582. The number of ether oxygens (including phenoxy) is 1.